The summed E-state index contributed by atoms with van der Waals surface area (Å²) in [5.74, 6) is -0.337. The topological polar surface area (TPSA) is 81.8 Å². The van der Waals surface area contributed by atoms with Gasteiger partial charge in [0.1, 0.15) is 0 Å². The van der Waals surface area contributed by atoms with Crippen molar-refractivity contribution in [1.29, 1.82) is 0 Å². The highest BCUT2D eigenvalue weighted by atomic mass is 16.7. The Labute approximate surface area is 102 Å². The van der Waals surface area contributed by atoms with Crippen LogP contribution in [0, 0.1) is 22.0 Å². The highest BCUT2D eigenvalue weighted by Gasteiger charge is 2.34. The molecule has 0 heterocycles. The molecule has 0 radical (unpaired) electrons. The van der Waals surface area contributed by atoms with E-state index in [0.29, 0.717) is 12.8 Å². The number of nitrogens with zero attached hydrogens (tertiary/aromatic N) is 1. The van der Waals surface area contributed by atoms with Crippen LogP contribution in [0.4, 0.5) is 0 Å². The molecule has 0 amide bonds. The van der Waals surface area contributed by atoms with Crippen LogP contribution in [0.1, 0.15) is 26.7 Å². The third-order valence-corrected chi connectivity index (χ3v) is 3.08. The predicted octanol–water partition coefficient (Wildman–Crippen LogP) is 1.30. The Kier molecular flexibility index (Phi) is 8.03. The molecule has 1 N–H and O–H groups in total. The molecule has 0 bridgehead atoms. The van der Waals surface area contributed by atoms with Gasteiger partial charge in [-0.15, -0.1) is 0 Å². The number of nitro groups is 1. The molecule has 0 aromatic rings. The summed E-state index contributed by atoms with van der Waals surface area (Å²) in [6, 6.07) is -0.685. The minimum absolute atomic E-state index is 0.0315. The van der Waals surface area contributed by atoms with Crippen LogP contribution < -0.4 is 0 Å². The highest BCUT2D eigenvalue weighted by Crippen LogP contribution is 2.23. The minimum atomic E-state index is -0.685. The lowest BCUT2D eigenvalue weighted by Crippen LogP contribution is -2.36. The maximum Gasteiger partial charge on any atom is 0.218 e. The van der Waals surface area contributed by atoms with Crippen molar-refractivity contribution in [3.8, 4) is 0 Å². The summed E-state index contributed by atoms with van der Waals surface area (Å²) in [6.45, 7) is 3.57. The largest absolute Gasteiger partial charge is 0.396 e. The average molecular weight is 249 g/mol. The summed E-state index contributed by atoms with van der Waals surface area (Å²) in [5, 5.41) is 19.9. The number of hydrogen-bond acceptors (Lipinski definition) is 5. The van der Waals surface area contributed by atoms with Gasteiger partial charge in [0.05, 0.1) is 0 Å². The van der Waals surface area contributed by atoms with Gasteiger partial charge in [0, 0.05) is 44.0 Å². The van der Waals surface area contributed by atoms with Crippen molar-refractivity contribution in [2.75, 3.05) is 20.8 Å². The fourth-order valence-corrected chi connectivity index (χ4v) is 2.08. The second-order valence-electron chi connectivity index (χ2n) is 4.38. The van der Waals surface area contributed by atoms with Crippen molar-refractivity contribution in [3.63, 3.8) is 0 Å². The van der Waals surface area contributed by atoms with Gasteiger partial charge >= 0.3 is 0 Å². The van der Waals surface area contributed by atoms with Gasteiger partial charge in [-0.2, -0.15) is 0 Å². The molecule has 6 heteroatoms. The zero-order valence-corrected chi connectivity index (χ0v) is 11.0. The Morgan fingerprint density at radius 2 is 1.76 bits per heavy atom. The molecule has 0 aliphatic rings. The molecule has 0 saturated carbocycles. The van der Waals surface area contributed by atoms with E-state index in [9.17, 15) is 10.1 Å². The van der Waals surface area contributed by atoms with Crippen molar-refractivity contribution in [3.05, 3.63) is 10.1 Å². The average Bonchev–Trinajstić information content (AvgIpc) is 2.25. The van der Waals surface area contributed by atoms with Gasteiger partial charge in [-0.25, -0.2) is 0 Å². The molecule has 17 heavy (non-hydrogen) atoms. The molecule has 6 nitrogen and oxygen atoms in total. The van der Waals surface area contributed by atoms with E-state index in [4.69, 9.17) is 14.6 Å². The van der Waals surface area contributed by atoms with E-state index < -0.39 is 12.3 Å². The highest BCUT2D eigenvalue weighted by molar-refractivity contribution is 4.73. The Bertz CT molecular complexity index is 220. The first kappa shape index (κ1) is 16.3. The van der Waals surface area contributed by atoms with E-state index in [2.05, 4.69) is 0 Å². The lowest BCUT2D eigenvalue weighted by Gasteiger charge is -2.24. The normalized spacial score (nSPS) is 16.8. The maximum atomic E-state index is 11.1. The lowest BCUT2D eigenvalue weighted by atomic mass is 9.87. The number of rotatable bonds is 9. The summed E-state index contributed by atoms with van der Waals surface area (Å²) in [6.07, 6.45) is 0.475. The van der Waals surface area contributed by atoms with Crippen molar-refractivity contribution >= 4 is 0 Å². The van der Waals surface area contributed by atoms with E-state index in [0.717, 1.165) is 0 Å². The summed E-state index contributed by atoms with van der Waals surface area (Å²) >= 11 is 0. The molecule has 0 aliphatic heterocycles. The van der Waals surface area contributed by atoms with E-state index in [1.54, 1.807) is 6.92 Å². The number of methoxy groups -OCH3 is 2. The number of aliphatic hydroxyl groups is 1. The van der Waals surface area contributed by atoms with Gasteiger partial charge in [-0.1, -0.05) is 13.8 Å². The maximum absolute atomic E-state index is 11.1. The first-order valence-electron chi connectivity index (χ1n) is 5.77. The minimum Gasteiger partial charge on any atom is -0.396 e. The molecule has 0 aromatic carbocycles. The fourth-order valence-electron chi connectivity index (χ4n) is 2.08. The van der Waals surface area contributed by atoms with E-state index in [-0.39, 0.29) is 23.4 Å². The van der Waals surface area contributed by atoms with E-state index >= 15 is 0 Å². The third-order valence-electron chi connectivity index (χ3n) is 3.08. The van der Waals surface area contributed by atoms with E-state index in [1.165, 1.54) is 14.2 Å². The zero-order chi connectivity index (χ0) is 13.4. The fraction of sp³-hybridized carbons (Fsp3) is 1.00. The SMILES string of the molecule is COC(C[C@H](C)C([C@@H](C)CCO)[N+](=O)[O-])OC. The van der Waals surface area contributed by atoms with Crippen LogP contribution in [0.25, 0.3) is 0 Å². The summed E-state index contributed by atoms with van der Waals surface area (Å²) < 4.78 is 10.1. The first-order chi connectivity index (χ1) is 7.97. The predicted molar refractivity (Wildman–Crippen MR) is 63.2 cm³/mol. The Hall–Kier alpha value is -0.720. The summed E-state index contributed by atoms with van der Waals surface area (Å²) in [7, 11) is 3.03. The van der Waals surface area contributed by atoms with Gasteiger partial charge in [0.25, 0.3) is 0 Å². The van der Waals surface area contributed by atoms with Crippen molar-refractivity contribution in [2.24, 2.45) is 11.8 Å². The molecule has 0 fully saturated rings. The molecule has 0 spiro atoms. The van der Waals surface area contributed by atoms with Crippen LogP contribution in [0.2, 0.25) is 0 Å². The van der Waals surface area contributed by atoms with E-state index in [1.807, 2.05) is 6.92 Å². The number of ether oxygens (including phenoxy) is 2. The standard InChI is InChI=1S/C11H23NO5/c1-8(5-6-13)11(12(14)15)9(2)7-10(16-3)17-4/h8-11,13H,5-7H2,1-4H3/t8-,9-,11?/m0/s1. The van der Waals surface area contributed by atoms with Crippen LogP contribution in [-0.2, 0) is 9.47 Å². The Morgan fingerprint density at radius 1 is 1.24 bits per heavy atom. The van der Waals surface area contributed by atoms with Crippen LogP contribution >= 0.6 is 0 Å². The molecule has 0 aliphatic carbocycles. The first-order valence-corrected chi connectivity index (χ1v) is 5.77. The van der Waals surface area contributed by atoms with Crippen molar-refractivity contribution in [1.82, 2.24) is 0 Å². The van der Waals surface area contributed by atoms with Crippen LogP contribution in [0.3, 0.4) is 0 Å². The molecular formula is C11H23NO5. The molecule has 102 valence electrons. The summed E-state index contributed by atoms with van der Waals surface area (Å²) in [5.41, 5.74) is 0. The zero-order valence-electron chi connectivity index (χ0n) is 11.0. The Morgan fingerprint density at radius 3 is 2.12 bits per heavy atom. The number of aliphatic hydroxyl groups excluding tert-OH is 1. The van der Waals surface area contributed by atoms with Gasteiger partial charge in [-0.05, 0) is 6.42 Å². The van der Waals surface area contributed by atoms with Gasteiger partial charge in [0.15, 0.2) is 6.29 Å². The lowest BCUT2D eigenvalue weighted by molar-refractivity contribution is -0.542. The number of hydrogen-bond donors (Lipinski definition) is 1. The van der Waals surface area contributed by atoms with Gasteiger partial charge in [0.2, 0.25) is 6.04 Å². The molecule has 3 atom stereocenters. The van der Waals surface area contributed by atoms with Gasteiger partial charge in [-0.3, -0.25) is 10.1 Å². The molecule has 1 unspecified atom stereocenters. The molecule has 0 rings (SSSR count). The van der Waals surface area contributed by atoms with Crippen molar-refractivity contribution in [2.45, 2.75) is 39.0 Å². The van der Waals surface area contributed by atoms with Crippen molar-refractivity contribution < 1.29 is 19.5 Å². The quantitative estimate of drug-likeness (QED) is 0.378. The smallest absolute Gasteiger partial charge is 0.218 e. The van der Waals surface area contributed by atoms with Crippen LogP contribution in [0.15, 0.2) is 0 Å². The molecule has 0 saturated heterocycles. The third kappa shape index (κ3) is 5.43. The second kappa shape index (κ2) is 8.38. The monoisotopic (exact) mass is 249 g/mol. The summed E-state index contributed by atoms with van der Waals surface area (Å²) in [4.78, 5) is 10.8. The second-order valence-corrected chi connectivity index (χ2v) is 4.38. The van der Waals surface area contributed by atoms with Crippen LogP contribution in [-0.4, -0.2) is 43.2 Å². The molecule has 0 aromatic heterocycles. The Balaban J connectivity index is 4.53. The van der Waals surface area contributed by atoms with Crippen LogP contribution in [0.5, 0.6) is 0 Å². The van der Waals surface area contributed by atoms with Gasteiger partial charge < -0.3 is 14.6 Å². The molecular weight excluding hydrogens is 226 g/mol.